The maximum atomic E-state index is 12.9. The summed E-state index contributed by atoms with van der Waals surface area (Å²) in [5.41, 5.74) is 0. The number of carbonyl (C=O) groups excluding carboxylic acids is 2. The molecule has 1 N–H and O–H groups in total. The van der Waals surface area contributed by atoms with Gasteiger partial charge >= 0.3 is 17.9 Å². The van der Waals surface area contributed by atoms with Crippen LogP contribution in [0, 0.1) is 0 Å². The molecule has 0 aliphatic heterocycles. The molecule has 0 rings (SSSR count). The summed E-state index contributed by atoms with van der Waals surface area (Å²) in [6.45, 7) is 4.76. The second-order valence-electron chi connectivity index (χ2n) is 22.7. The van der Waals surface area contributed by atoms with Gasteiger partial charge in [0.1, 0.15) is 13.2 Å². The second-order valence-corrected chi connectivity index (χ2v) is 22.7. The molecule has 0 aromatic rings. The molecule has 80 heavy (non-hydrogen) atoms. The normalized spacial score (nSPS) is 13.5. The molecule has 0 bridgehead atoms. The van der Waals surface area contributed by atoms with Gasteiger partial charge in [0.15, 0.2) is 6.10 Å². The van der Waals surface area contributed by atoms with Crippen LogP contribution in [0.1, 0.15) is 264 Å². The van der Waals surface area contributed by atoms with Crippen molar-refractivity contribution in [3.05, 3.63) is 109 Å². The van der Waals surface area contributed by atoms with Crippen molar-refractivity contribution in [3.8, 4) is 0 Å². The maximum absolute atomic E-state index is 12.9. The van der Waals surface area contributed by atoms with E-state index in [2.05, 4.69) is 123 Å². The Morgan fingerprint density at radius 3 is 1.07 bits per heavy atom. The fraction of sp³-hybridized carbons (Fsp3) is 0.704. The molecule has 458 valence electrons. The Kier molecular flexibility index (Phi) is 57.9. The maximum Gasteiger partial charge on any atom is 0.361 e. The van der Waals surface area contributed by atoms with Crippen molar-refractivity contribution in [2.45, 2.75) is 277 Å². The van der Waals surface area contributed by atoms with Gasteiger partial charge in [-0.25, -0.2) is 4.79 Å². The third-order valence-corrected chi connectivity index (χ3v) is 13.8. The van der Waals surface area contributed by atoms with Gasteiger partial charge in [0.05, 0.1) is 34.4 Å². The van der Waals surface area contributed by atoms with Crippen molar-refractivity contribution >= 4 is 17.9 Å². The average molecular weight is 1120 g/mol. The van der Waals surface area contributed by atoms with E-state index in [1.165, 1.54) is 141 Å². The fourth-order valence-electron chi connectivity index (χ4n) is 8.79. The Balaban J connectivity index is 4.15. The number of rotatable bonds is 59. The first kappa shape index (κ1) is 76.0. The number of aliphatic carboxylic acids is 1. The molecule has 9 heteroatoms. The highest BCUT2D eigenvalue weighted by Gasteiger charge is 2.25. The van der Waals surface area contributed by atoms with Crippen molar-refractivity contribution in [2.24, 2.45) is 0 Å². The van der Waals surface area contributed by atoms with E-state index < -0.39 is 24.3 Å². The summed E-state index contributed by atoms with van der Waals surface area (Å²) in [6.07, 6.45) is 81.8. The number of carboxylic acid groups (broad SMARTS) is 1. The molecule has 0 aliphatic rings. The third kappa shape index (κ3) is 61.6. The van der Waals surface area contributed by atoms with E-state index in [4.69, 9.17) is 18.9 Å². The molecule has 0 saturated carbocycles. The summed E-state index contributed by atoms with van der Waals surface area (Å²) >= 11 is 0. The lowest BCUT2D eigenvalue weighted by atomic mass is 10.0. The molecular formula is C71H122NO8+. The molecule has 0 saturated heterocycles. The van der Waals surface area contributed by atoms with Gasteiger partial charge in [-0.05, 0) is 103 Å². The molecule has 0 aromatic heterocycles. The van der Waals surface area contributed by atoms with E-state index in [1.54, 1.807) is 0 Å². The van der Waals surface area contributed by atoms with E-state index in [0.29, 0.717) is 23.9 Å². The lowest BCUT2D eigenvalue weighted by molar-refractivity contribution is -0.870. The minimum absolute atomic E-state index is 0.183. The molecule has 0 heterocycles. The molecule has 2 unspecified atom stereocenters. The van der Waals surface area contributed by atoms with E-state index in [-0.39, 0.29) is 32.2 Å². The first-order valence-electron chi connectivity index (χ1n) is 32.6. The molecule has 0 amide bonds. The summed E-state index contributed by atoms with van der Waals surface area (Å²) in [7, 11) is 5.97. The molecule has 0 spiro atoms. The summed E-state index contributed by atoms with van der Waals surface area (Å²) < 4.78 is 22.9. The molecule has 2 atom stereocenters. The summed E-state index contributed by atoms with van der Waals surface area (Å²) in [6, 6.07) is 0. The lowest BCUT2D eigenvalue weighted by Gasteiger charge is -2.25. The van der Waals surface area contributed by atoms with Crippen molar-refractivity contribution in [1.82, 2.24) is 0 Å². The van der Waals surface area contributed by atoms with Crippen LogP contribution in [0.15, 0.2) is 109 Å². The Hall–Kier alpha value is -4.05. The van der Waals surface area contributed by atoms with E-state index in [1.807, 2.05) is 21.1 Å². The van der Waals surface area contributed by atoms with Crippen LogP contribution in [-0.4, -0.2) is 87.4 Å². The lowest BCUT2D eigenvalue weighted by Crippen LogP contribution is -2.40. The molecule has 9 nitrogen and oxygen atoms in total. The van der Waals surface area contributed by atoms with Crippen LogP contribution in [0.2, 0.25) is 0 Å². The summed E-state index contributed by atoms with van der Waals surface area (Å²) in [5.74, 6) is -2.01. The highest BCUT2D eigenvalue weighted by molar-refractivity contribution is 5.71. The number of unbranched alkanes of at least 4 members (excludes halogenated alkanes) is 26. The van der Waals surface area contributed by atoms with Crippen LogP contribution in [0.25, 0.3) is 0 Å². The fourth-order valence-corrected chi connectivity index (χ4v) is 8.79. The number of ether oxygens (including phenoxy) is 4. The monoisotopic (exact) mass is 1120 g/mol. The zero-order valence-corrected chi connectivity index (χ0v) is 52.2. The predicted octanol–water partition coefficient (Wildman–Crippen LogP) is 19.9. The van der Waals surface area contributed by atoms with E-state index in [0.717, 1.165) is 89.9 Å². The van der Waals surface area contributed by atoms with Gasteiger partial charge in [-0.3, -0.25) is 9.59 Å². The quantitative estimate of drug-likeness (QED) is 0.0211. The summed E-state index contributed by atoms with van der Waals surface area (Å²) in [5, 5.41) is 9.72. The third-order valence-electron chi connectivity index (χ3n) is 13.8. The number of carboxylic acids is 1. The van der Waals surface area contributed by atoms with Crippen molar-refractivity contribution < 1.29 is 42.9 Å². The number of esters is 2. The van der Waals surface area contributed by atoms with Crippen molar-refractivity contribution in [1.29, 1.82) is 0 Å². The summed E-state index contributed by atoms with van der Waals surface area (Å²) in [4.78, 5) is 37.5. The number of likely N-dealkylation sites (N-methyl/N-ethyl adjacent to an activating group) is 1. The van der Waals surface area contributed by atoms with Gasteiger partial charge in [0.25, 0.3) is 6.29 Å². The number of nitrogens with zero attached hydrogens (tertiary/aromatic N) is 1. The average Bonchev–Trinajstić information content (AvgIpc) is 3.43. The Morgan fingerprint density at radius 2 is 0.713 bits per heavy atom. The van der Waals surface area contributed by atoms with Gasteiger partial charge < -0.3 is 28.5 Å². The smallest absolute Gasteiger partial charge is 0.361 e. The standard InChI is InChI=1S/C71H121NO8/c1-6-8-10-12-14-16-18-20-22-24-26-27-28-29-30-31-32-33-34-35-36-37-38-39-40-41-42-43-44-46-48-50-52-54-56-58-60-62-69(74)80-67(66-79-71(70(75)76)77-64-63-72(3,4)5)65-78-68(73)61-59-57-55-53-51-49-47-45-25-23-21-19-17-15-13-11-9-7-2/h8,10,14,16,20,22-23,25-27,29-30,32-33,35-36,38-39,67,71H,6-7,9,11-13,15,17-19,21,24,28,31,34,37,40-66H2,1-5H3/p+1/b10-8-,16-14-,22-20-,25-23-,27-26-,30-29-,33-32-,36-35-,39-38-. The zero-order chi connectivity index (χ0) is 58.3. The molecule has 0 aromatic carbocycles. The number of quaternary nitrogens is 1. The SMILES string of the molecule is CC/C=C\C/C=C\C/C=C\C/C=C\C/C=C\C/C=C\C/C=C\C/C=C\CCCCCCCCCCCCCCC(=O)OC(COC(=O)CCCCCCCCC/C=C\CCCCCCCCC)COC(OCC[N+](C)(C)C)C(=O)O. The van der Waals surface area contributed by atoms with Crippen LogP contribution in [0.5, 0.6) is 0 Å². The van der Waals surface area contributed by atoms with Crippen LogP contribution < -0.4 is 0 Å². The van der Waals surface area contributed by atoms with Crippen molar-refractivity contribution in [3.63, 3.8) is 0 Å². The predicted molar refractivity (Wildman–Crippen MR) is 341 cm³/mol. The number of hydrogen-bond acceptors (Lipinski definition) is 7. The largest absolute Gasteiger partial charge is 0.477 e. The first-order chi connectivity index (χ1) is 39.1. The van der Waals surface area contributed by atoms with Crippen LogP contribution in [0.4, 0.5) is 0 Å². The highest BCUT2D eigenvalue weighted by Crippen LogP contribution is 2.16. The van der Waals surface area contributed by atoms with Gasteiger partial charge in [0, 0.05) is 12.8 Å². The minimum Gasteiger partial charge on any atom is -0.477 e. The Labute approximate surface area is 492 Å². The first-order valence-corrected chi connectivity index (χ1v) is 32.6. The Bertz CT molecular complexity index is 1680. The topological polar surface area (TPSA) is 108 Å². The number of allylic oxidation sites excluding steroid dienone is 18. The highest BCUT2D eigenvalue weighted by atomic mass is 16.7. The number of hydrogen-bond donors (Lipinski definition) is 1. The molecule has 0 aliphatic carbocycles. The van der Waals surface area contributed by atoms with Crippen LogP contribution in [-0.2, 0) is 33.3 Å². The van der Waals surface area contributed by atoms with Crippen molar-refractivity contribution in [2.75, 3.05) is 47.5 Å². The molecule has 0 radical (unpaired) electrons. The van der Waals surface area contributed by atoms with Gasteiger partial charge in [0.2, 0.25) is 0 Å². The van der Waals surface area contributed by atoms with Gasteiger partial charge in [-0.1, -0.05) is 258 Å². The minimum atomic E-state index is -1.52. The van der Waals surface area contributed by atoms with Gasteiger partial charge in [-0.2, -0.15) is 0 Å². The zero-order valence-electron chi connectivity index (χ0n) is 52.2. The Morgan fingerprint density at radius 1 is 0.388 bits per heavy atom. The molecule has 0 fully saturated rings. The second kappa shape index (κ2) is 61.0. The van der Waals surface area contributed by atoms with Gasteiger partial charge in [-0.15, -0.1) is 0 Å². The van der Waals surface area contributed by atoms with E-state index >= 15 is 0 Å². The molecular weight excluding hydrogens is 995 g/mol. The van der Waals surface area contributed by atoms with Crippen LogP contribution >= 0.6 is 0 Å². The van der Waals surface area contributed by atoms with Crippen LogP contribution in [0.3, 0.4) is 0 Å². The number of carbonyl (C=O) groups is 3. The van der Waals surface area contributed by atoms with E-state index in [9.17, 15) is 19.5 Å².